The Kier molecular flexibility index (Phi) is 8.31. The molecule has 0 spiro atoms. The van der Waals surface area contributed by atoms with E-state index in [1.54, 1.807) is 18.2 Å². The lowest BCUT2D eigenvalue weighted by Crippen LogP contribution is -2.40. The summed E-state index contributed by atoms with van der Waals surface area (Å²) in [6.45, 7) is 3.90. The Morgan fingerprint density at radius 1 is 1.19 bits per heavy atom. The van der Waals surface area contributed by atoms with E-state index in [-0.39, 0.29) is 10.7 Å². The number of carbonyl (C=O) groups is 1. The maximum Gasteiger partial charge on any atom is 0.243 e. The number of morpholine rings is 1. The summed E-state index contributed by atoms with van der Waals surface area (Å²) in [6, 6.07) is 9.34. The normalized spacial score (nSPS) is 15.1. The van der Waals surface area contributed by atoms with Crippen LogP contribution in [-0.4, -0.2) is 58.5 Å². The maximum atomic E-state index is 12.7. The van der Waals surface area contributed by atoms with E-state index in [4.69, 9.17) is 25.8 Å². The fourth-order valence-electron chi connectivity index (χ4n) is 3.18. The Morgan fingerprint density at radius 2 is 1.88 bits per heavy atom. The number of halogens is 1. The highest BCUT2D eigenvalue weighted by Crippen LogP contribution is 2.37. The second-order valence-corrected chi connectivity index (χ2v) is 9.47. The minimum atomic E-state index is -3.60. The van der Waals surface area contributed by atoms with Crippen LogP contribution < -0.4 is 9.47 Å². The third kappa shape index (κ3) is 5.69. The number of hydrogen-bond donors (Lipinski definition) is 0. The molecule has 0 bridgehead atoms. The van der Waals surface area contributed by atoms with Gasteiger partial charge in [-0.15, -0.1) is 0 Å². The summed E-state index contributed by atoms with van der Waals surface area (Å²) in [5.41, 5.74) is 1.05. The third-order valence-electron chi connectivity index (χ3n) is 4.88. The number of sulfonamides is 1. The van der Waals surface area contributed by atoms with Crippen molar-refractivity contribution in [1.82, 2.24) is 4.31 Å². The maximum absolute atomic E-state index is 12.7. The van der Waals surface area contributed by atoms with E-state index in [2.05, 4.69) is 0 Å². The summed E-state index contributed by atoms with van der Waals surface area (Å²) in [5, 5.41) is 0.391. The van der Waals surface area contributed by atoms with Gasteiger partial charge in [0.25, 0.3) is 0 Å². The summed E-state index contributed by atoms with van der Waals surface area (Å²) in [4.78, 5) is 12.7. The van der Waals surface area contributed by atoms with E-state index in [0.717, 1.165) is 6.42 Å². The summed E-state index contributed by atoms with van der Waals surface area (Å²) in [6.07, 6.45) is 3.87. The lowest BCUT2D eigenvalue weighted by atomic mass is 10.1. The molecule has 0 radical (unpaired) electrons. The Bertz CT molecular complexity index is 1080. The molecule has 7 nitrogen and oxygen atoms in total. The van der Waals surface area contributed by atoms with Crippen LogP contribution in [0.1, 0.15) is 29.3 Å². The summed E-state index contributed by atoms with van der Waals surface area (Å²) >= 11 is 6.31. The van der Waals surface area contributed by atoms with Crippen LogP contribution in [0.2, 0.25) is 5.02 Å². The monoisotopic (exact) mass is 479 g/mol. The van der Waals surface area contributed by atoms with E-state index >= 15 is 0 Å². The van der Waals surface area contributed by atoms with Gasteiger partial charge in [0.2, 0.25) is 10.0 Å². The first-order valence-electron chi connectivity index (χ1n) is 10.3. The van der Waals surface area contributed by atoms with Crippen molar-refractivity contribution >= 4 is 33.5 Å². The number of methoxy groups -OCH3 is 1. The van der Waals surface area contributed by atoms with E-state index < -0.39 is 10.0 Å². The highest BCUT2D eigenvalue weighted by Gasteiger charge is 2.26. The van der Waals surface area contributed by atoms with Crippen molar-refractivity contribution in [2.45, 2.75) is 18.2 Å². The number of benzene rings is 2. The van der Waals surface area contributed by atoms with Gasteiger partial charge in [-0.05, 0) is 54.5 Å². The molecular weight excluding hydrogens is 454 g/mol. The average molecular weight is 480 g/mol. The number of ketones is 1. The lowest BCUT2D eigenvalue weighted by Gasteiger charge is -2.26. The van der Waals surface area contributed by atoms with Gasteiger partial charge in [-0.1, -0.05) is 24.6 Å². The van der Waals surface area contributed by atoms with Crippen molar-refractivity contribution in [3.8, 4) is 11.5 Å². The molecule has 32 heavy (non-hydrogen) atoms. The molecule has 0 aliphatic carbocycles. The van der Waals surface area contributed by atoms with Gasteiger partial charge in [-0.25, -0.2) is 8.42 Å². The van der Waals surface area contributed by atoms with E-state index in [1.165, 1.54) is 41.8 Å². The van der Waals surface area contributed by atoms with Gasteiger partial charge in [-0.2, -0.15) is 4.31 Å². The number of carbonyl (C=O) groups excluding carboxylic acids is 1. The van der Waals surface area contributed by atoms with E-state index in [9.17, 15) is 13.2 Å². The fourth-order valence-corrected chi connectivity index (χ4v) is 4.86. The largest absolute Gasteiger partial charge is 0.493 e. The van der Waals surface area contributed by atoms with E-state index in [1.807, 2.05) is 6.92 Å². The highest BCUT2D eigenvalue weighted by atomic mass is 35.5. The van der Waals surface area contributed by atoms with Crippen molar-refractivity contribution in [3.05, 3.63) is 58.6 Å². The zero-order valence-corrected chi connectivity index (χ0v) is 19.6. The summed E-state index contributed by atoms with van der Waals surface area (Å²) in [5.74, 6) is 0.689. The van der Waals surface area contributed by atoms with Crippen molar-refractivity contribution in [1.29, 1.82) is 0 Å². The third-order valence-corrected chi connectivity index (χ3v) is 7.07. The minimum absolute atomic E-state index is 0.152. The molecule has 0 unspecified atom stereocenters. The van der Waals surface area contributed by atoms with Crippen molar-refractivity contribution < 1.29 is 27.4 Å². The standard InChI is InChI=1S/C23H26ClNO6S/c1-3-12-31-23-20(24)15-17(16-22(23)29-2)4-9-21(26)18-5-7-19(8-6-18)32(27,28)25-10-13-30-14-11-25/h4-9,15-16H,3,10-14H2,1-2H3/b9-4+. The highest BCUT2D eigenvalue weighted by molar-refractivity contribution is 7.89. The molecule has 0 aromatic heterocycles. The van der Waals surface area contributed by atoms with Crippen LogP contribution in [0.5, 0.6) is 11.5 Å². The first kappa shape index (κ1) is 24.3. The molecule has 3 rings (SSSR count). The van der Waals surface area contributed by atoms with Crippen molar-refractivity contribution in [3.63, 3.8) is 0 Å². The molecule has 1 saturated heterocycles. The second kappa shape index (κ2) is 11.0. The second-order valence-electron chi connectivity index (χ2n) is 7.12. The van der Waals surface area contributed by atoms with Crippen LogP contribution >= 0.6 is 11.6 Å². The summed E-state index contributed by atoms with van der Waals surface area (Å²) in [7, 11) is -2.08. The van der Waals surface area contributed by atoms with Gasteiger partial charge in [0.05, 0.1) is 36.8 Å². The molecule has 0 atom stereocenters. The topological polar surface area (TPSA) is 82.1 Å². The Morgan fingerprint density at radius 3 is 2.50 bits per heavy atom. The molecule has 1 fully saturated rings. The molecule has 0 amide bonds. The summed E-state index contributed by atoms with van der Waals surface area (Å²) < 4.78 is 43.0. The Labute approximate surface area is 193 Å². The number of ether oxygens (including phenoxy) is 3. The zero-order chi connectivity index (χ0) is 23.1. The molecule has 1 aliphatic heterocycles. The van der Waals surface area contributed by atoms with Gasteiger partial charge in [-0.3, -0.25) is 4.79 Å². The molecular formula is C23H26ClNO6S. The smallest absolute Gasteiger partial charge is 0.243 e. The molecule has 9 heteroatoms. The van der Waals surface area contributed by atoms with Gasteiger partial charge in [0, 0.05) is 18.7 Å². The number of allylic oxidation sites excluding steroid dienone is 1. The van der Waals surface area contributed by atoms with Crippen LogP contribution in [0.25, 0.3) is 6.08 Å². The van der Waals surface area contributed by atoms with Gasteiger partial charge in [0.1, 0.15) is 0 Å². The number of hydrogen-bond acceptors (Lipinski definition) is 6. The molecule has 0 N–H and O–H groups in total. The molecule has 2 aromatic rings. The van der Waals surface area contributed by atoms with Gasteiger partial charge in [0.15, 0.2) is 17.3 Å². The van der Waals surface area contributed by atoms with E-state index in [0.29, 0.717) is 60.6 Å². The van der Waals surface area contributed by atoms with Crippen LogP contribution in [0.3, 0.4) is 0 Å². The quantitative estimate of drug-likeness (QED) is 0.398. The van der Waals surface area contributed by atoms with Gasteiger partial charge < -0.3 is 14.2 Å². The predicted octanol–water partition coefficient (Wildman–Crippen LogP) is 4.05. The predicted molar refractivity (Wildman–Crippen MR) is 123 cm³/mol. The number of rotatable bonds is 9. The Hall–Kier alpha value is -2.39. The van der Waals surface area contributed by atoms with Crippen LogP contribution in [0, 0.1) is 0 Å². The first-order chi connectivity index (χ1) is 15.4. The van der Waals surface area contributed by atoms with Gasteiger partial charge >= 0.3 is 0 Å². The first-order valence-corrected chi connectivity index (χ1v) is 12.1. The Balaban J connectivity index is 1.74. The zero-order valence-electron chi connectivity index (χ0n) is 18.0. The fraction of sp³-hybridized carbons (Fsp3) is 0.348. The molecule has 0 saturated carbocycles. The van der Waals surface area contributed by atoms with Crippen LogP contribution in [0.15, 0.2) is 47.4 Å². The molecule has 2 aromatic carbocycles. The van der Waals surface area contributed by atoms with Crippen LogP contribution in [-0.2, 0) is 14.8 Å². The number of nitrogens with zero attached hydrogens (tertiary/aromatic N) is 1. The SMILES string of the molecule is CCCOc1c(Cl)cc(/C=C/C(=O)c2ccc(S(=O)(=O)N3CCOCC3)cc2)cc1OC. The average Bonchev–Trinajstić information content (AvgIpc) is 2.82. The molecule has 1 heterocycles. The van der Waals surface area contributed by atoms with Crippen molar-refractivity contribution in [2.75, 3.05) is 40.0 Å². The molecule has 1 aliphatic rings. The van der Waals surface area contributed by atoms with Crippen LogP contribution in [0.4, 0.5) is 0 Å². The minimum Gasteiger partial charge on any atom is -0.493 e. The molecule has 172 valence electrons. The van der Waals surface area contributed by atoms with Crippen molar-refractivity contribution in [2.24, 2.45) is 0 Å². The lowest BCUT2D eigenvalue weighted by molar-refractivity contribution is 0.0730.